The van der Waals surface area contributed by atoms with E-state index in [9.17, 15) is 4.79 Å². The third-order valence-corrected chi connectivity index (χ3v) is 4.82. The largest absolute Gasteiger partial charge is 0.292 e. The molecule has 0 aliphatic carbocycles. The molecule has 1 N–H and O–H groups in total. The van der Waals surface area contributed by atoms with Gasteiger partial charge < -0.3 is 0 Å². The molecule has 1 aromatic carbocycles. The Hall–Kier alpha value is -2.41. The SMILES string of the molecule is O=C(Nc1nc2ncccn2n1)[C@@H]1SCCc2ccccc21. The molecule has 110 valence electrons. The molecule has 0 bridgehead atoms. The molecular weight excluding hydrogens is 298 g/mol. The van der Waals surface area contributed by atoms with Gasteiger partial charge in [0, 0.05) is 12.4 Å². The van der Waals surface area contributed by atoms with E-state index in [1.165, 1.54) is 10.1 Å². The van der Waals surface area contributed by atoms with E-state index in [1.807, 2.05) is 18.2 Å². The lowest BCUT2D eigenvalue weighted by atomic mass is 10.0. The molecule has 3 heterocycles. The lowest BCUT2D eigenvalue weighted by Crippen LogP contribution is -2.23. The summed E-state index contributed by atoms with van der Waals surface area (Å²) in [6.45, 7) is 0. The van der Waals surface area contributed by atoms with Gasteiger partial charge in [0.05, 0.1) is 0 Å². The molecule has 0 radical (unpaired) electrons. The van der Waals surface area contributed by atoms with Crippen LogP contribution in [0.15, 0.2) is 42.7 Å². The topological polar surface area (TPSA) is 72.2 Å². The van der Waals surface area contributed by atoms with Gasteiger partial charge in [0.25, 0.3) is 11.7 Å². The number of carbonyl (C=O) groups is 1. The molecule has 0 saturated carbocycles. The van der Waals surface area contributed by atoms with Crippen LogP contribution < -0.4 is 5.32 Å². The van der Waals surface area contributed by atoms with Crippen molar-refractivity contribution in [3.8, 4) is 0 Å². The highest BCUT2D eigenvalue weighted by molar-refractivity contribution is 8.00. The third-order valence-electron chi connectivity index (χ3n) is 3.58. The number of amides is 1. The van der Waals surface area contributed by atoms with Crippen LogP contribution in [-0.2, 0) is 11.2 Å². The van der Waals surface area contributed by atoms with Crippen molar-refractivity contribution in [3.63, 3.8) is 0 Å². The molecule has 4 rings (SSSR count). The molecule has 22 heavy (non-hydrogen) atoms. The first kappa shape index (κ1) is 13.3. The zero-order chi connectivity index (χ0) is 14.9. The first-order valence-electron chi connectivity index (χ1n) is 6.99. The van der Waals surface area contributed by atoms with Gasteiger partial charge in [0.2, 0.25) is 5.91 Å². The van der Waals surface area contributed by atoms with Gasteiger partial charge in [-0.2, -0.15) is 4.98 Å². The summed E-state index contributed by atoms with van der Waals surface area (Å²) in [7, 11) is 0. The summed E-state index contributed by atoms with van der Waals surface area (Å²) in [5, 5.41) is 6.79. The molecule has 6 nitrogen and oxygen atoms in total. The van der Waals surface area contributed by atoms with E-state index in [0.29, 0.717) is 5.78 Å². The fourth-order valence-electron chi connectivity index (χ4n) is 2.57. The Labute approximate surface area is 131 Å². The molecule has 0 fully saturated rings. The first-order valence-corrected chi connectivity index (χ1v) is 8.04. The number of hydrogen-bond acceptors (Lipinski definition) is 5. The summed E-state index contributed by atoms with van der Waals surface area (Å²) >= 11 is 1.65. The number of benzene rings is 1. The number of carbonyl (C=O) groups excluding carboxylic acids is 1. The van der Waals surface area contributed by atoms with Crippen LogP contribution in [0.3, 0.4) is 0 Å². The van der Waals surface area contributed by atoms with Gasteiger partial charge in [-0.25, -0.2) is 9.50 Å². The summed E-state index contributed by atoms with van der Waals surface area (Å²) in [6.07, 6.45) is 4.39. The zero-order valence-corrected chi connectivity index (χ0v) is 12.5. The van der Waals surface area contributed by atoms with Crippen molar-refractivity contribution in [3.05, 3.63) is 53.9 Å². The molecule has 1 aliphatic heterocycles. The summed E-state index contributed by atoms with van der Waals surface area (Å²) in [5.74, 6) is 1.60. The van der Waals surface area contributed by atoms with Gasteiger partial charge >= 0.3 is 0 Å². The first-order chi connectivity index (χ1) is 10.8. The Morgan fingerprint density at radius 3 is 3.14 bits per heavy atom. The number of aromatic nitrogens is 4. The predicted molar refractivity (Wildman–Crippen MR) is 84.8 cm³/mol. The average Bonchev–Trinajstić information content (AvgIpc) is 2.96. The fourth-order valence-corrected chi connectivity index (χ4v) is 3.77. The van der Waals surface area contributed by atoms with E-state index in [0.717, 1.165) is 17.7 Å². The molecule has 0 saturated heterocycles. The Morgan fingerprint density at radius 1 is 1.32 bits per heavy atom. The number of rotatable bonds is 2. The second-order valence-electron chi connectivity index (χ2n) is 4.99. The number of aryl methyl sites for hydroxylation is 1. The minimum Gasteiger partial charge on any atom is -0.292 e. The van der Waals surface area contributed by atoms with Gasteiger partial charge in [-0.3, -0.25) is 10.1 Å². The van der Waals surface area contributed by atoms with Crippen LogP contribution >= 0.6 is 11.8 Å². The van der Waals surface area contributed by atoms with Crippen LogP contribution in [0, 0.1) is 0 Å². The van der Waals surface area contributed by atoms with Crippen LogP contribution in [0.5, 0.6) is 0 Å². The maximum Gasteiger partial charge on any atom is 0.253 e. The number of hydrogen-bond donors (Lipinski definition) is 1. The molecule has 0 unspecified atom stereocenters. The van der Waals surface area contributed by atoms with Crippen molar-refractivity contribution < 1.29 is 4.79 Å². The smallest absolute Gasteiger partial charge is 0.253 e. The normalized spacial score (nSPS) is 17.2. The number of anilines is 1. The number of fused-ring (bicyclic) bond motifs is 2. The summed E-state index contributed by atoms with van der Waals surface area (Å²) in [6, 6.07) is 9.85. The minimum absolute atomic E-state index is 0.0898. The van der Waals surface area contributed by atoms with Gasteiger partial charge in [-0.15, -0.1) is 16.9 Å². The zero-order valence-electron chi connectivity index (χ0n) is 11.6. The monoisotopic (exact) mass is 311 g/mol. The predicted octanol–water partition coefficient (Wildman–Crippen LogP) is 2.09. The Kier molecular flexibility index (Phi) is 3.27. The number of nitrogens with one attached hydrogen (secondary N) is 1. The van der Waals surface area contributed by atoms with E-state index in [2.05, 4.69) is 26.4 Å². The lowest BCUT2D eigenvalue weighted by molar-refractivity contribution is -0.115. The van der Waals surface area contributed by atoms with Gasteiger partial charge in [0.1, 0.15) is 5.25 Å². The second kappa shape index (κ2) is 5.42. The molecule has 1 amide bonds. The van der Waals surface area contributed by atoms with Crippen molar-refractivity contribution in [2.24, 2.45) is 0 Å². The Morgan fingerprint density at radius 2 is 2.23 bits per heavy atom. The minimum atomic E-state index is -0.218. The van der Waals surface area contributed by atoms with Gasteiger partial charge in [0.15, 0.2) is 0 Å². The molecule has 1 atom stereocenters. The van der Waals surface area contributed by atoms with E-state index < -0.39 is 0 Å². The van der Waals surface area contributed by atoms with Crippen LogP contribution in [0.25, 0.3) is 5.78 Å². The Bertz CT molecular complexity index is 814. The summed E-state index contributed by atoms with van der Waals surface area (Å²) < 4.78 is 1.54. The van der Waals surface area contributed by atoms with Crippen molar-refractivity contribution in [1.82, 2.24) is 19.6 Å². The van der Waals surface area contributed by atoms with Crippen LogP contribution in [0.4, 0.5) is 5.95 Å². The summed E-state index contributed by atoms with van der Waals surface area (Å²) in [4.78, 5) is 20.9. The Balaban J connectivity index is 1.60. The van der Waals surface area contributed by atoms with E-state index in [4.69, 9.17) is 0 Å². The highest BCUT2D eigenvalue weighted by Gasteiger charge is 2.27. The van der Waals surface area contributed by atoms with Gasteiger partial charge in [-0.05, 0) is 29.4 Å². The van der Waals surface area contributed by atoms with Crippen molar-refractivity contribution >= 4 is 29.4 Å². The fraction of sp³-hybridized carbons (Fsp3) is 0.200. The van der Waals surface area contributed by atoms with E-state index >= 15 is 0 Å². The lowest BCUT2D eigenvalue weighted by Gasteiger charge is -2.23. The number of thioether (sulfide) groups is 1. The molecule has 7 heteroatoms. The van der Waals surface area contributed by atoms with Crippen LogP contribution in [-0.4, -0.2) is 31.2 Å². The molecule has 3 aromatic rings. The maximum atomic E-state index is 12.6. The highest BCUT2D eigenvalue weighted by Crippen LogP contribution is 2.37. The molecule has 1 aliphatic rings. The van der Waals surface area contributed by atoms with Crippen LogP contribution in [0.2, 0.25) is 0 Å². The van der Waals surface area contributed by atoms with E-state index in [1.54, 1.807) is 30.2 Å². The third kappa shape index (κ3) is 2.33. The van der Waals surface area contributed by atoms with Crippen molar-refractivity contribution in [1.29, 1.82) is 0 Å². The number of nitrogens with zero attached hydrogens (tertiary/aromatic N) is 4. The second-order valence-corrected chi connectivity index (χ2v) is 6.20. The van der Waals surface area contributed by atoms with Crippen LogP contribution in [0.1, 0.15) is 16.4 Å². The average molecular weight is 311 g/mol. The maximum absolute atomic E-state index is 12.6. The van der Waals surface area contributed by atoms with Gasteiger partial charge in [-0.1, -0.05) is 24.3 Å². The van der Waals surface area contributed by atoms with Crippen molar-refractivity contribution in [2.75, 3.05) is 11.1 Å². The molecule has 0 spiro atoms. The molecule has 2 aromatic heterocycles. The standard InChI is InChI=1S/C15H13N5OS/c21-13(12-11-5-2-1-4-10(11)6-9-22-12)17-14-18-15-16-7-3-8-20(15)19-14/h1-5,7-8,12H,6,9H2,(H,17,19,21)/t12-/m1/s1. The van der Waals surface area contributed by atoms with E-state index in [-0.39, 0.29) is 17.1 Å². The van der Waals surface area contributed by atoms with Crippen molar-refractivity contribution in [2.45, 2.75) is 11.7 Å². The highest BCUT2D eigenvalue weighted by atomic mass is 32.2. The summed E-state index contributed by atoms with van der Waals surface area (Å²) in [5.41, 5.74) is 2.32. The molecular formula is C15H13N5OS. The quantitative estimate of drug-likeness (QED) is 0.784.